The van der Waals surface area contributed by atoms with Gasteiger partial charge in [-0.2, -0.15) is 8.42 Å². The van der Waals surface area contributed by atoms with Crippen molar-refractivity contribution in [1.82, 2.24) is 39.9 Å². The third kappa shape index (κ3) is 5.40. The summed E-state index contributed by atoms with van der Waals surface area (Å²) in [5.41, 5.74) is 6.45. The number of nitrogens with one attached hydrogen (secondary N) is 2. The van der Waals surface area contributed by atoms with Crippen molar-refractivity contribution in [3.63, 3.8) is 0 Å². The SMILES string of the molecule is O=S(=O)(Cl)Cl.[Al+3].c1ccc2c(c1)-c1nc-2nc2[nH]c(nc3nc(nc4[nH]c(n1)c1ccccc41)-c1ccccc1-3)c1ccccc21. The van der Waals surface area contributed by atoms with Crippen LogP contribution in [-0.2, 0) is 8.26 Å². The monoisotopic (exact) mass is 675 g/mol. The largest absolute Gasteiger partial charge is 3.00 e. The molecule has 0 atom stereocenters. The zero-order chi connectivity index (χ0) is 30.7. The summed E-state index contributed by atoms with van der Waals surface area (Å²) in [5, 5.41) is 3.82. The molecular weight excluding hydrogens is 658 g/mol. The van der Waals surface area contributed by atoms with Gasteiger partial charge >= 0.3 is 25.6 Å². The van der Waals surface area contributed by atoms with E-state index >= 15 is 0 Å². The number of hydrogen-bond donors (Lipinski definition) is 2. The second-order valence-corrected chi connectivity index (χ2v) is 13.8. The van der Waals surface area contributed by atoms with Gasteiger partial charge in [0.25, 0.3) is 0 Å². The fourth-order valence-electron chi connectivity index (χ4n) is 5.59. The number of aromatic nitrogens is 8. The molecule has 4 aromatic carbocycles. The molecule has 14 heteroatoms. The van der Waals surface area contributed by atoms with Crippen LogP contribution in [0, 0.1) is 0 Å². The van der Waals surface area contributed by atoms with Crippen molar-refractivity contribution in [3.8, 4) is 45.6 Å². The van der Waals surface area contributed by atoms with Crippen LogP contribution >= 0.6 is 21.4 Å². The summed E-state index contributed by atoms with van der Waals surface area (Å²) < 4.78 is 18.3. The molecule has 7 aromatic rings. The Hall–Kier alpha value is -4.70. The van der Waals surface area contributed by atoms with E-state index in [-0.39, 0.29) is 17.4 Å². The summed E-state index contributed by atoms with van der Waals surface area (Å²) in [7, 11) is 4.81. The summed E-state index contributed by atoms with van der Waals surface area (Å²) >= 11 is 0. The van der Waals surface area contributed by atoms with E-state index in [4.69, 9.17) is 38.3 Å². The minimum atomic E-state index is -3.72. The molecule has 2 N–H and O–H groups in total. The Morgan fingerprint density at radius 1 is 0.413 bits per heavy atom. The third-order valence-electron chi connectivity index (χ3n) is 7.46. The van der Waals surface area contributed by atoms with Crippen LogP contribution in [0.25, 0.3) is 89.7 Å². The van der Waals surface area contributed by atoms with Crippen molar-refractivity contribution in [2.24, 2.45) is 0 Å². The van der Waals surface area contributed by atoms with Gasteiger partial charge in [-0.15, -0.1) is 0 Å². The number of aromatic amines is 2. The van der Waals surface area contributed by atoms with Gasteiger partial charge in [0.05, 0.1) is 0 Å². The second-order valence-electron chi connectivity index (χ2n) is 10.2. The molecule has 8 bridgehead atoms. The van der Waals surface area contributed by atoms with Gasteiger partial charge in [-0.1, -0.05) is 97.1 Å². The van der Waals surface area contributed by atoms with Gasteiger partial charge < -0.3 is 9.97 Å². The molecule has 10 nitrogen and oxygen atoms in total. The minimum absolute atomic E-state index is 0. The molecule has 2 aliphatic heterocycles. The van der Waals surface area contributed by atoms with E-state index in [0.29, 0.717) is 45.9 Å². The number of hydrogen-bond acceptors (Lipinski definition) is 8. The van der Waals surface area contributed by atoms with Gasteiger partial charge in [-0.25, -0.2) is 29.9 Å². The topological polar surface area (TPSA) is 143 Å². The summed E-state index contributed by atoms with van der Waals surface area (Å²) in [4.78, 5) is 36.8. The van der Waals surface area contributed by atoms with Crippen LogP contribution in [0.1, 0.15) is 0 Å². The number of H-pyrrole nitrogens is 2. The smallest absolute Gasteiger partial charge is 0.324 e. The van der Waals surface area contributed by atoms with Crippen LogP contribution in [0.15, 0.2) is 97.1 Å². The van der Waals surface area contributed by atoms with Crippen LogP contribution < -0.4 is 0 Å². The summed E-state index contributed by atoms with van der Waals surface area (Å²) in [6, 6.07) is 32.2. The van der Waals surface area contributed by atoms with Gasteiger partial charge in [0.15, 0.2) is 23.3 Å². The van der Waals surface area contributed by atoms with E-state index in [2.05, 4.69) is 31.3 Å². The fraction of sp³-hybridized carbons (Fsp3) is 0. The zero-order valence-corrected chi connectivity index (χ0v) is 27.0. The van der Waals surface area contributed by atoms with E-state index in [1.54, 1.807) is 0 Å². The Kier molecular flexibility index (Phi) is 7.55. The maximum absolute atomic E-state index is 9.16. The summed E-state index contributed by atoms with van der Waals surface area (Å²) in [6.45, 7) is 0. The number of rotatable bonds is 0. The average molecular weight is 677 g/mol. The molecule has 0 unspecified atom stereocenters. The van der Waals surface area contributed by atoms with Crippen molar-refractivity contribution < 1.29 is 8.42 Å². The first-order chi connectivity index (χ1) is 21.8. The molecule has 0 amide bonds. The molecule has 0 aliphatic carbocycles. The van der Waals surface area contributed by atoms with Crippen LogP contribution in [0.3, 0.4) is 0 Å². The molecule has 0 spiro atoms. The van der Waals surface area contributed by atoms with Crippen molar-refractivity contribution >= 4 is 91.1 Å². The molecule has 46 heavy (non-hydrogen) atoms. The summed E-state index contributed by atoms with van der Waals surface area (Å²) in [5.74, 6) is 2.39. The second kappa shape index (κ2) is 11.6. The minimum Gasteiger partial charge on any atom is -0.324 e. The van der Waals surface area contributed by atoms with Gasteiger partial charge in [0.1, 0.15) is 22.6 Å². The van der Waals surface area contributed by atoms with E-state index in [1.807, 2.05) is 97.1 Å². The van der Waals surface area contributed by atoms with E-state index in [9.17, 15) is 0 Å². The Morgan fingerprint density at radius 3 is 0.870 bits per heavy atom. The van der Waals surface area contributed by atoms with Crippen molar-refractivity contribution in [1.29, 1.82) is 0 Å². The third-order valence-corrected chi connectivity index (χ3v) is 7.46. The van der Waals surface area contributed by atoms with Crippen LogP contribution in [0.2, 0.25) is 0 Å². The maximum atomic E-state index is 9.16. The van der Waals surface area contributed by atoms with Crippen LogP contribution in [0.4, 0.5) is 0 Å². The Bertz CT molecular complexity index is 2300. The first-order valence-corrected chi connectivity index (χ1v) is 16.8. The Balaban J connectivity index is 0.000000526. The maximum Gasteiger partial charge on any atom is 3.00 e. The van der Waals surface area contributed by atoms with E-state index in [0.717, 1.165) is 43.8 Å². The molecule has 0 radical (unpaired) electrons. The standard InChI is InChI=1S/C32H18N8.Al.Cl2O2S/c1-2-10-18-17(9-1)25-33-26(18)38-28-21-13-5-6-14-22(21)30(35-28)40-32-24-16-8-7-15-23(24)31(36-32)39-29-20-12-4-3-11-19(20)27(34-29)37-25;;1-5(2,3)4/h1-16H,(H2,33,34,35,36,37,38,39,40);;/q;+3;. The summed E-state index contributed by atoms with van der Waals surface area (Å²) in [6.07, 6.45) is 0. The zero-order valence-electron chi connectivity index (χ0n) is 23.5. The van der Waals surface area contributed by atoms with Crippen molar-refractivity contribution in [3.05, 3.63) is 97.1 Å². The predicted molar refractivity (Wildman–Crippen MR) is 182 cm³/mol. The first kappa shape index (κ1) is 30.0. The van der Waals surface area contributed by atoms with Crippen LogP contribution in [0.5, 0.6) is 0 Å². The molecule has 2 aliphatic rings. The molecule has 5 heterocycles. The molecule has 0 fully saturated rings. The molecular formula is C32H18AlCl2N8O2S+3. The average Bonchev–Trinajstić information content (AvgIpc) is 3.76. The number of fused-ring (bicyclic) bond motifs is 20. The normalized spacial score (nSPS) is 11.7. The van der Waals surface area contributed by atoms with Crippen LogP contribution in [-0.4, -0.2) is 65.7 Å². The number of benzene rings is 4. The van der Waals surface area contributed by atoms with Gasteiger partial charge in [-0.05, 0) is 0 Å². The predicted octanol–water partition coefficient (Wildman–Crippen LogP) is 7.20. The molecule has 218 valence electrons. The van der Waals surface area contributed by atoms with Crippen molar-refractivity contribution in [2.75, 3.05) is 0 Å². The van der Waals surface area contributed by atoms with Gasteiger partial charge in [-0.3, -0.25) is 0 Å². The van der Waals surface area contributed by atoms with E-state index < -0.39 is 8.26 Å². The molecule has 3 aromatic heterocycles. The number of nitrogens with zero attached hydrogens (tertiary/aromatic N) is 6. The molecule has 9 rings (SSSR count). The Labute approximate surface area is 280 Å². The quantitative estimate of drug-likeness (QED) is 0.127. The van der Waals surface area contributed by atoms with Crippen molar-refractivity contribution in [2.45, 2.75) is 0 Å². The molecule has 0 saturated heterocycles. The van der Waals surface area contributed by atoms with Gasteiger partial charge in [0, 0.05) is 65.2 Å². The van der Waals surface area contributed by atoms with Gasteiger partial charge in [0.2, 0.25) is 0 Å². The fourth-order valence-corrected chi connectivity index (χ4v) is 5.59. The molecule has 0 saturated carbocycles. The van der Waals surface area contributed by atoms with E-state index in [1.165, 1.54) is 0 Å². The Morgan fingerprint density at radius 2 is 0.630 bits per heavy atom. The number of halogens is 2. The first-order valence-electron chi connectivity index (χ1n) is 13.6.